The van der Waals surface area contributed by atoms with Gasteiger partial charge in [0.25, 0.3) is 0 Å². The van der Waals surface area contributed by atoms with Crippen LogP contribution in [0.2, 0.25) is 0 Å². The molecule has 3 nitrogen and oxygen atoms in total. The minimum Gasteiger partial charge on any atom is -0.393 e. The molecule has 1 aliphatic heterocycles. The molecule has 0 aliphatic carbocycles. The van der Waals surface area contributed by atoms with E-state index in [0.29, 0.717) is 44.3 Å². The molecule has 0 unspecified atom stereocenters. The molecule has 0 atom stereocenters. The van der Waals surface area contributed by atoms with Gasteiger partial charge in [0.05, 0.1) is 6.10 Å². The van der Waals surface area contributed by atoms with E-state index >= 15 is 0 Å². The number of rotatable bonds is 3. The van der Waals surface area contributed by atoms with E-state index in [-0.39, 0.29) is 17.8 Å². The second kappa shape index (κ2) is 5.96. The van der Waals surface area contributed by atoms with Crippen molar-refractivity contribution in [2.24, 2.45) is 0 Å². The van der Waals surface area contributed by atoms with Crippen LogP contribution in [0.15, 0.2) is 24.3 Å². The Morgan fingerprint density at radius 2 is 2.00 bits per heavy atom. The molecule has 2 rings (SSSR count). The average Bonchev–Trinajstić information content (AvgIpc) is 2.38. The van der Waals surface area contributed by atoms with Crippen molar-refractivity contribution in [3.05, 3.63) is 35.6 Å². The number of aryl methyl sites for hydroxylation is 1. The maximum Gasteiger partial charge on any atom is 0.222 e. The van der Waals surface area contributed by atoms with Gasteiger partial charge in [0.2, 0.25) is 5.91 Å². The Morgan fingerprint density at radius 3 is 2.67 bits per heavy atom. The number of amides is 1. The highest BCUT2D eigenvalue weighted by atomic mass is 19.1. The maximum absolute atomic E-state index is 13.4. The van der Waals surface area contributed by atoms with Crippen molar-refractivity contribution in [2.45, 2.75) is 31.8 Å². The molecule has 1 aromatic carbocycles. The Labute approximate surface area is 106 Å². The van der Waals surface area contributed by atoms with E-state index in [4.69, 9.17) is 0 Å². The van der Waals surface area contributed by atoms with Gasteiger partial charge in [0, 0.05) is 19.5 Å². The molecule has 98 valence electrons. The second-order valence-electron chi connectivity index (χ2n) is 4.70. The fourth-order valence-electron chi connectivity index (χ4n) is 2.22. The number of piperidine rings is 1. The lowest BCUT2D eigenvalue weighted by Gasteiger charge is -2.29. The highest BCUT2D eigenvalue weighted by Crippen LogP contribution is 2.13. The smallest absolute Gasteiger partial charge is 0.222 e. The van der Waals surface area contributed by atoms with Gasteiger partial charge < -0.3 is 10.0 Å². The lowest BCUT2D eigenvalue weighted by molar-refractivity contribution is -0.133. The molecule has 0 radical (unpaired) electrons. The molecule has 1 fully saturated rings. The van der Waals surface area contributed by atoms with Crippen LogP contribution >= 0.6 is 0 Å². The van der Waals surface area contributed by atoms with Crippen molar-refractivity contribution in [1.29, 1.82) is 0 Å². The van der Waals surface area contributed by atoms with Crippen LogP contribution in [-0.2, 0) is 11.2 Å². The van der Waals surface area contributed by atoms with E-state index in [1.807, 2.05) is 0 Å². The summed E-state index contributed by atoms with van der Waals surface area (Å²) in [6, 6.07) is 6.55. The number of likely N-dealkylation sites (tertiary alicyclic amines) is 1. The molecule has 0 saturated carbocycles. The third-order valence-electron chi connectivity index (χ3n) is 3.38. The number of carbonyl (C=O) groups excluding carboxylic acids is 1. The molecule has 1 heterocycles. The van der Waals surface area contributed by atoms with E-state index < -0.39 is 0 Å². The van der Waals surface area contributed by atoms with E-state index in [9.17, 15) is 14.3 Å². The predicted molar refractivity (Wildman–Crippen MR) is 66.5 cm³/mol. The molecule has 4 heteroatoms. The molecule has 0 bridgehead atoms. The number of hydrogen-bond acceptors (Lipinski definition) is 2. The second-order valence-corrected chi connectivity index (χ2v) is 4.70. The lowest BCUT2D eigenvalue weighted by atomic mass is 10.1. The average molecular weight is 251 g/mol. The summed E-state index contributed by atoms with van der Waals surface area (Å²) in [7, 11) is 0. The van der Waals surface area contributed by atoms with Crippen LogP contribution in [0, 0.1) is 5.82 Å². The number of aliphatic hydroxyl groups excluding tert-OH is 1. The molecular formula is C14H18FNO2. The van der Waals surface area contributed by atoms with Gasteiger partial charge in [0.1, 0.15) is 5.82 Å². The molecule has 0 spiro atoms. The van der Waals surface area contributed by atoms with Gasteiger partial charge in [-0.2, -0.15) is 0 Å². The van der Waals surface area contributed by atoms with Crippen molar-refractivity contribution >= 4 is 5.91 Å². The monoisotopic (exact) mass is 251 g/mol. The molecular weight excluding hydrogens is 233 g/mol. The van der Waals surface area contributed by atoms with Gasteiger partial charge in [-0.3, -0.25) is 4.79 Å². The van der Waals surface area contributed by atoms with Crippen LogP contribution in [0.25, 0.3) is 0 Å². The molecule has 1 N–H and O–H groups in total. The molecule has 1 saturated heterocycles. The number of carbonyl (C=O) groups is 1. The summed E-state index contributed by atoms with van der Waals surface area (Å²) in [4.78, 5) is 13.7. The fourth-order valence-corrected chi connectivity index (χ4v) is 2.22. The zero-order valence-electron chi connectivity index (χ0n) is 10.3. The number of nitrogens with zero attached hydrogens (tertiary/aromatic N) is 1. The fraction of sp³-hybridized carbons (Fsp3) is 0.500. The maximum atomic E-state index is 13.4. The minimum absolute atomic E-state index is 0.0464. The normalized spacial score (nSPS) is 16.9. The minimum atomic E-state index is -0.277. The lowest BCUT2D eigenvalue weighted by Crippen LogP contribution is -2.40. The summed E-state index contributed by atoms with van der Waals surface area (Å²) in [5, 5.41) is 9.37. The van der Waals surface area contributed by atoms with Crippen LogP contribution in [0.4, 0.5) is 4.39 Å². The van der Waals surface area contributed by atoms with Gasteiger partial charge in [0.15, 0.2) is 0 Å². The highest BCUT2D eigenvalue weighted by molar-refractivity contribution is 5.76. The number of halogens is 1. The topological polar surface area (TPSA) is 40.5 Å². The molecule has 0 aromatic heterocycles. The highest BCUT2D eigenvalue weighted by Gasteiger charge is 2.20. The molecule has 1 amide bonds. The Morgan fingerprint density at radius 1 is 1.33 bits per heavy atom. The van der Waals surface area contributed by atoms with Crippen molar-refractivity contribution in [1.82, 2.24) is 4.90 Å². The van der Waals surface area contributed by atoms with Crippen LogP contribution in [0.3, 0.4) is 0 Å². The summed E-state index contributed by atoms with van der Waals surface area (Å²) in [5.41, 5.74) is 0.586. The molecule has 1 aromatic rings. The van der Waals surface area contributed by atoms with Crippen LogP contribution in [0.1, 0.15) is 24.8 Å². The number of hydrogen-bond donors (Lipinski definition) is 1. The van der Waals surface area contributed by atoms with Gasteiger partial charge in [-0.15, -0.1) is 0 Å². The van der Waals surface area contributed by atoms with E-state index in [0.717, 1.165) is 0 Å². The van der Waals surface area contributed by atoms with Gasteiger partial charge in [-0.1, -0.05) is 18.2 Å². The van der Waals surface area contributed by atoms with Crippen LogP contribution in [-0.4, -0.2) is 35.1 Å². The first-order valence-electron chi connectivity index (χ1n) is 6.36. The third kappa shape index (κ3) is 3.29. The first-order chi connectivity index (χ1) is 8.66. The SMILES string of the molecule is O=C(CCc1ccccc1F)N1CCC(O)CC1. The summed E-state index contributed by atoms with van der Waals surface area (Å²) in [6.45, 7) is 1.22. The quantitative estimate of drug-likeness (QED) is 0.889. The Balaban J connectivity index is 1.83. The first kappa shape index (κ1) is 13.0. The Kier molecular flexibility index (Phi) is 4.31. The first-order valence-corrected chi connectivity index (χ1v) is 6.36. The standard InChI is InChI=1S/C14H18FNO2/c15-13-4-2-1-3-11(13)5-6-14(18)16-9-7-12(17)8-10-16/h1-4,12,17H,5-10H2. The van der Waals surface area contributed by atoms with Crippen molar-refractivity contribution in [3.8, 4) is 0 Å². The van der Waals surface area contributed by atoms with Crippen molar-refractivity contribution in [2.75, 3.05) is 13.1 Å². The Hall–Kier alpha value is -1.42. The molecule has 18 heavy (non-hydrogen) atoms. The van der Waals surface area contributed by atoms with E-state index in [2.05, 4.69) is 0 Å². The van der Waals surface area contributed by atoms with Crippen molar-refractivity contribution < 1.29 is 14.3 Å². The van der Waals surface area contributed by atoms with Crippen molar-refractivity contribution in [3.63, 3.8) is 0 Å². The van der Waals surface area contributed by atoms with Gasteiger partial charge in [-0.25, -0.2) is 4.39 Å². The third-order valence-corrected chi connectivity index (χ3v) is 3.38. The van der Waals surface area contributed by atoms with Crippen LogP contribution in [0.5, 0.6) is 0 Å². The largest absolute Gasteiger partial charge is 0.393 e. The molecule has 1 aliphatic rings. The summed E-state index contributed by atoms with van der Waals surface area (Å²) >= 11 is 0. The van der Waals surface area contributed by atoms with E-state index in [1.54, 1.807) is 23.1 Å². The summed E-state index contributed by atoms with van der Waals surface area (Å²) < 4.78 is 13.4. The zero-order chi connectivity index (χ0) is 13.0. The Bertz CT molecular complexity index is 414. The predicted octanol–water partition coefficient (Wildman–Crippen LogP) is 1.74. The van der Waals surface area contributed by atoms with E-state index in [1.165, 1.54) is 6.07 Å². The van der Waals surface area contributed by atoms with Crippen LogP contribution < -0.4 is 0 Å². The summed E-state index contributed by atoms with van der Waals surface area (Å²) in [6.07, 6.45) is 1.78. The summed E-state index contributed by atoms with van der Waals surface area (Å²) in [5.74, 6) is -0.204. The van der Waals surface area contributed by atoms with Gasteiger partial charge in [-0.05, 0) is 30.9 Å². The van der Waals surface area contributed by atoms with Gasteiger partial charge >= 0.3 is 0 Å². The number of benzene rings is 1. The zero-order valence-corrected chi connectivity index (χ0v) is 10.3. The number of aliphatic hydroxyl groups is 1.